The number of carbonyl (C=O) groups is 2. The van der Waals surface area contributed by atoms with E-state index in [1.54, 1.807) is 12.1 Å². The van der Waals surface area contributed by atoms with Crippen LogP contribution in [0.1, 0.15) is 91.4 Å². The number of allylic oxidation sites excluding steroid dienone is 2. The minimum absolute atomic E-state index is 0.0946. The van der Waals surface area contributed by atoms with E-state index < -0.39 is 0 Å². The van der Waals surface area contributed by atoms with E-state index in [1.807, 2.05) is 73.6 Å². The lowest BCUT2D eigenvalue weighted by atomic mass is 9.76. The van der Waals surface area contributed by atoms with E-state index in [0.717, 1.165) is 16.7 Å². The van der Waals surface area contributed by atoms with E-state index in [0.29, 0.717) is 32.9 Å². The SMILES string of the molecule is CCSC1=C(c2cc(C(C)(C)C)c(O)c(C(C)(C)C)c2)C(=O)c2ccc(C)cc2C1=O. The summed E-state index contributed by atoms with van der Waals surface area (Å²) in [5.41, 5.74) is 3.95. The maximum Gasteiger partial charge on any atom is 0.200 e. The molecule has 0 aliphatic heterocycles. The lowest BCUT2D eigenvalue weighted by molar-refractivity contribution is 0.0998. The Morgan fingerprint density at radius 2 is 1.39 bits per heavy atom. The minimum atomic E-state index is -0.324. The van der Waals surface area contributed by atoms with Crippen LogP contribution in [-0.2, 0) is 10.8 Å². The third kappa shape index (κ3) is 4.23. The molecule has 0 atom stereocenters. The van der Waals surface area contributed by atoms with Crippen LogP contribution in [0.4, 0.5) is 0 Å². The number of Topliss-reactive ketones (excluding diaryl/α,β-unsaturated/α-hetero) is 2. The fourth-order valence-corrected chi connectivity index (χ4v) is 4.87. The van der Waals surface area contributed by atoms with E-state index in [2.05, 4.69) is 0 Å². The van der Waals surface area contributed by atoms with Gasteiger partial charge in [0.25, 0.3) is 0 Å². The fourth-order valence-electron chi connectivity index (χ4n) is 3.98. The zero-order valence-corrected chi connectivity index (χ0v) is 20.6. The fraction of sp³-hybridized carbons (Fsp3) is 0.407. The number of aromatic hydroxyl groups is 1. The number of benzene rings is 2. The molecule has 2 aromatic rings. The van der Waals surface area contributed by atoms with Gasteiger partial charge in [0.2, 0.25) is 5.78 Å². The second-order valence-corrected chi connectivity index (χ2v) is 11.5. The highest BCUT2D eigenvalue weighted by molar-refractivity contribution is 8.04. The van der Waals surface area contributed by atoms with E-state index in [1.165, 1.54) is 11.8 Å². The first kappa shape index (κ1) is 23.3. The Kier molecular flexibility index (Phi) is 6.01. The van der Waals surface area contributed by atoms with Crippen molar-refractivity contribution >= 4 is 28.9 Å². The topological polar surface area (TPSA) is 54.4 Å². The molecule has 4 heteroatoms. The van der Waals surface area contributed by atoms with Gasteiger partial charge in [-0.3, -0.25) is 9.59 Å². The zero-order chi connectivity index (χ0) is 23.3. The summed E-state index contributed by atoms with van der Waals surface area (Å²) in [6.07, 6.45) is 0. The van der Waals surface area contributed by atoms with Crippen LogP contribution in [0.2, 0.25) is 0 Å². The summed E-state index contributed by atoms with van der Waals surface area (Å²) in [4.78, 5) is 27.6. The van der Waals surface area contributed by atoms with Crippen molar-refractivity contribution in [2.24, 2.45) is 0 Å². The molecule has 0 aromatic heterocycles. The van der Waals surface area contributed by atoms with Crippen molar-refractivity contribution in [1.82, 2.24) is 0 Å². The van der Waals surface area contributed by atoms with Crippen LogP contribution in [0.15, 0.2) is 35.2 Å². The van der Waals surface area contributed by atoms with Crippen LogP contribution >= 0.6 is 11.8 Å². The number of carbonyl (C=O) groups excluding carboxylic acids is 2. The highest BCUT2D eigenvalue weighted by Gasteiger charge is 2.35. The monoisotopic (exact) mass is 436 g/mol. The molecule has 0 radical (unpaired) electrons. The maximum absolute atomic E-state index is 13.7. The molecular weight excluding hydrogens is 404 g/mol. The standard InChI is InChI=1S/C27H32O3S/c1-9-31-25-21(22(28)17-11-10-15(2)12-18(17)23(25)29)16-13-19(26(3,4)5)24(30)20(14-16)27(6,7)8/h10-14,30H,9H2,1-8H3. The Labute approximate surface area is 190 Å². The number of fused-ring (bicyclic) bond motifs is 1. The molecule has 0 fully saturated rings. The second kappa shape index (κ2) is 7.98. The summed E-state index contributed by atoms with van der Waals surface area (Å²) >= 11 is 1.41. The average molecular weight is 437 g/mol. The molecule has 0 unspecified atom stereocenters. The van der Waals surface area contributed by atoms with Gasteiger partial charge in [-0.05, 0) is 47.3 Å². The Morgan fingerprint density at radius 3 is 1.87 bits per heavy atom. The van der Waals surface area contributed by atoms with Gasteiger partial charge in [0, 0.05) is 27.8 Å². The number of thioether (sulfide) groups is 1. The summed E-state index contributed by atoms with van der Waals surface area (Å²) in [6.45, 7) is 16.2. The molecule has 3 nitrogen and oxygen atoms in total. The highest BCUT2D eigenvalue weighted by atomic mass is 32.2. The number of phenols is 1. The average Bonchev–Trinajstić information content (AvgIpc) is 2.65. The van der Waals surface area contributed by atoms with Crippen molar-refractivity contribution in [2.75, 3.05) is 5.75 Å². The van der Waals surface area contributed by atoms with Crippen LogP contribution in [0.25, 0.3) is 5.57 Å². The largest absolute Gasteiger partial charge is 0.507 e. The molecule has 1 aliphatic rings. The number of rotatable bonds is 3. The first-order chi connectivity index (χ1) is 14.3. The second-order valence-electron chi connectivity index (χ2n) is 10.3. The molecule has 0 spiro atoms. The number of ketones is 2. The van der Waals surface area contributed by atoms with Crippen molar-refractivity contribution in [2.45, 2.75) is 66.2 Å². The minimum Gasteiger partial charge on any atom is -0.507 e. The van der Waals surface area contributed by atoms with Gasteiger partial charge in [-0.1, -0.05) is 66.2 Å². The summed E-state index contributed by atoms with van der Waals surface area (Å²) < 4.78 is 0. The molecule has 0 heterocycles. The summed E-state index contributed by atoms with van der Waals surface area (Å²) in [7, 11) is 0. The third-order valence-corrected chi connectivity index (χ3v) is 6.59. The Bertz CT molecular complexity index is 1070. The van der Waals surface area contributed by atoms with Crippen LogP contribution in [0.5, 0.6) is 5.75 Å². The Hall–Kier alpha value is -2.33. The van der Waals surface area contributed by atoms with Gasteiger partial charge in [0.05, 0.1) is 4.91 Å². The van der Waals surface area contributed by atoms with Crippen LogP contribution in [0.3, 0.4) is 0 Å². The van der Waals surface area contributed by atoms with Crippen molar-refractivity contribution in [3.8, 4) is 5.75 Å². The summed E-state index contributed by atoms with van der Waals surface area (Å²) in [6, 6.07) is 9.22. The number of phenolic OH excluding ortho intramolecular Hbond substituents is 1. The van der Waals surface area contributed by atoms with Crippen LogP contribution < -0.4 is 0 Å². The Balaban J connectivity index is 2.38. The van der Waals surface area contributed by atoms with Crippen LogP contribution in [0, 0.1) is 6.92 Å². The lowest BCUT2D eigenvalue weighted by Crippen LogP contribution is -2.22. The molecule has 1 aliphatic carbocycles. The van der Waals surface area contributed by atoms with E-state index in [-0.39, 0.29) is 28.1 Å². The van der Waals surface area contributed by atoms with Crippen LogP contribution in [-0.4, -0.2) is 22.4 Å². The van der Waals surface area contributed by atoms with E-state index in [4.69, 9.17) is 0 Å². The number of aryl methyl sites for hydroxylation is 1. The van der Waals surface area contributed by atoms with Gasteiger partial charge in [-0.15, -0.1) is 11.8 Å². The van der Waals surface area contributed by atoms with Crippen molar-refractivity contribution in [3.63, 3.8) is 0 Å². The molecule has 0 bridgehead atoms. The predicted molar refractivity (Wildman–Crippen MR) is 130 cm³/mol. The number of hydrogen-bond acceptors (Lipinski definition) is 4. The zero-order valence-electron chi connectivity index (χ0n) is 19.8. The first-order valence-corrected chi connectivity index (χ1v) is 11.7. The first-order valence-electron chi connectivity index (χ1n) is 10.7. The van der Waals surface area contributed by atoms with Gasteiger partial charge in [0.15, 0.2) is 5.78 Å². The lowest BCUT2D eigenvalue weighted by Gasteiger charge is -2.29. The predicted octanol–water partition coefficient (Wildman–Crippen LogP) is 6.84. The van der Waals surface area contributed by atoms with Crippen molar-refractivity contribution in [3.05, 3.63) is 68.6 Å². The summed E-state index contributed by atoms with van der Waals surface area (Å²) in [5.74, 6) is 0.730. The molecule has 164 valence electrons. The molecular formula is C27H32O3S. The Morgan fingerprint density at radius 1 is 0.839 bits per heavy atom. The van der Waals surface area contributed by atoms with Gasteiger partial charge in [-0.2, -0.15) is 0 Å². The van der Waals surface area contributed by atoms with Crippen molar-refractivity contribution in [1.29, 1.82) is 0 Å². The van der Waals surface area contributed by atoms with Gasteiger partial charge < -0.3 is 5.11 Å². The summed E-state index contributed by atoms with van der Waals surface area (Å²) in [5, 5.41) is 11.1. The molecule has 0 saturated heterocycles. The van der Waals surface area contributed by atoms with Gasteiger partial charge >= 0.3 is 0 Å². The molecule has 2 aromatic carbocycles. The molecule has 1 N–H and O–H groups in total. The normalized spacial score (nSPS) is 14.8. The molecule has 0 amide bonds. The van der Waals surface area contributed by atoms with E-state index in [9.17, 15) is 14.7 Å². The van der Waals surface area contributed by atoms with Gasteiger partial charge in [-0.25, -0.2) is 0 Å². The number of hydrogen-bond donors (Lipinski definition) is 1. The molecule has 0 saturated carbocycles. The molecule has 31 heavy (non-hydrogen) atoms. The van der Waals surface area contributed by atoms with Gasteiger partial charge in [0.1, 0.15) is 5.75 Å². The van der Waals surface area contributed by atoms with Crippen molar-refractivity contribution < 1.29 is 14.7 Å². The smallest absolute Gasteiger partial charge is 0.200 e. The quantitative estimate of drug-likeness (QED) is 0.572. The van der Waals surface area contributed by atoms with E-state index >= 15 is 0 Å². The third-order valence-electron chi connectivity index (χ3n) is 5.63. The molecule has 3 rings (SSSR count). The highest BCUT2D eigenvalue weighted by Crippen LogP contribution is 2.44. The maximum atomic E-state index is 13.7.